The molecule has 3 aromatic rings. The van der Waals surface area contributed by atoms with Crippen LogP contribution in [-0.2, 0) is 0 Å². The van der Waals surface area contributed by atoms with Gasteiger partial charge in [0, 0.05) is 11.9 Å². The zero-order chi connectivity index (χ0) is 9.54. The summed E-state index contributed by atoms with van der Waals surface area (Å²) in [4.78, 5) is 8.81. The van der Waals surface area contributed by atoms with Gasteiger partial charge in [-0.25, -0.2) is 9.97 Å². The number of rotatable bonds is 0. The predicted molar refractivity (Wildman–Crippen MR) is 55.2 cm³/mol. The molecule has 0 aliphatic heterocycles. The van der Waals surface area contributed by atoms with E-state index in [1.807, 2.05) is 41.8 Å². The predicted octanol–water partition coefficient (Wildman–Crippen LogP) is 2.19. The number of fused-ring (bicyclic) bond motifs is 3. The lowest BCUT2D eigenvalue weighted by Gasteiger charge is -1.93. The maximum absolute atomic E-state index is 4.43. The molecule has 0 spiro atoms. The molecule has 0 saturated heterocycles. The number of pyridine rings is 2. The Morgan fingerprint density at radius 2 is 2.00 bits per heavy atom. The number of imidazole rings is 1. The molecule has 14 heavy (non-hydrogen) atoms. The third-order valence-corrected chi connectivity index (χ3v) is 2.31. The largest absolute Gasteiger partial charge is 0.298 e. The molecule has 3 heteroatoms. The van der Waals surface area contributed by atoms with Crippen molar-refractivity contribution in [1.82, 2.24) is 14.4 Å². The number of hydrogen-bond donors (Lipinski definition) is 0. The Bertz CT molecular complexity index is 610. The second-order valence-electron chi connectivity index (χ2n) is 3.34. The van der Waals surface area contributed by atoms with Crippen molar-refractivity contribution in [3.63, 3.8) is 0 Å². The van der Waals surface area contributed by atoms with Crippen molar-refractivity contribution in [3.05, 3.63) is 42.2 Å². The maximum atomic E-state index is 4.43. The summed E-state index contributed by atoms with van der Waals surface area (Å²) in [6.07, 6.45) is 2.00. The Morgan fingerprint density at radius 3 is 2.93 bits per heavy atom. The second kappa shape index (κ2) is 2.54. The van der Waals surface area contributed by atoms with Crippen molar-refractivity contribution in [2.24, 2.45) is 0 Å². The lowest BCUT2D eigenvalue weighted by molar-refractivity contribution is 1.22. The molecule has 0 fully saturated rings. The number of nitrogens with zero attached hydrogens (tertiary/aromatic N) is 3. The molecule has 0 radical (unpaired) electrons. The minimum atomic E-state index is 0.816. The van der Waals surface area contributed by atoms with Crippen LogP contribution in [0.15, 0.2) is 36.5 Å². The maximum Gasteiger partial charge on any atom is 0.178 e. The average Bonchev–Trinajstić information content (AvgIpc) is 2.54. The van der Waals surface area contributed by atoms with Gasteiger partial charge in [-0.1, -0.05) is 6.07 Å². The molecular formula is C11H9N3. The van der Waals surface area contributed by atoms with Crippen LogP contribution in [-0.4, -0.2) is 14.4 Å². The van der Waals surface area contributed by atoms with Crippen LogP contribution in [0.25, 0.3) is 16.8 Å². The van der Waals surface area contributed by atoms with Crippen LogP contribution in [0.5, 0.6) is 0 Å². The first-order valence-electron chi connectivity index (χ1n) is 4.55. The molecular weight excluding hydrogens is 174 g/mol. The highest BCUT2D eigenvalue weighted by Gasteiger charge is 2.03. The summed E-state index contributed by atoms with van der Waals surface area (Å²) in [5, 5.41) is 0. The zero-order valence-electron chi connectivity index (χ0n) is 7.81. The van der Waals surface area contributed by atoms with Crippen LogP contribution in [0.4, 0.5) is 0 Å². The monoisotopic (exact) mass is 183 g/mol. The lowest BCUT2D eigenvalue weighted by atomic mass is 10.3. The van der Waals surface area contributed by atoms with Crippen molar-refractivity contribution >= 4 is 16.8 Å². The summed E-state index contributed by atoms with van der Waals surface area (Å²) in [7, 11) is 0. The van der Waals surface area contributed by atoms with Gasteiger partial charge in [0.15, 0.2) is 5.65 Å². The Morgan fingerprint density at radius 1 is 1.07 bits per heavy atom. The zero-order valence-corrected chi connectivity index (χ0v) is 7.81. The van der Waals surface area contributed by atoms with Crippen molar-refractivity contribution in [2.75, 3.05) is 0 Å². The van der Waals surface area contributed by atoms with E-state index in [0.29, 0.717) is 0 Å². The summed E-state index contributed by atoms with van der Waals surface area (Å²) < 4.78 is 2.04. The second-order valence-corrected chi connectivity index (χ2v) is 3.34. The van der Waals surface area contributed by atoms with E-state index in [9.17, 15) is 0 Å². The van der Waals surface area contributed by atoms with Crippen LogP contribution in [0, 0.1) is 6.92 Å². The summed E-state index contributed by atoms with van der Waals surface area (Å²) >= 11 is 0. The normalized spacial score (nSPS) is 11.2. The van der Waals surface area contributed by atoms with Crippen molar-refractivity contribution in [3.8, 4) is 0 Å². The highest BCUT2D eigenvalue weighted by Crippen LogP contribution is 2.14. The standard InChI is InChI=1S/C11H9N3/c1-8-5-6-9-11(12-8)13-10-4-2-3-7-14(9)10/h2-7H,1H3. The Labute approximate surface area is 81.0 Å². The molecule has 0 aliphatic carbocycles. The Balaban J connectivity index is 2.57. The van der Waals surface area contributed by atoms with E-state index >= 15 is 0 Å². The van der Waals surface area contributed by atoms with E-state index < -0.39 is 0 Å². The molecule has 68 valence electrons. The van der Waals surface area contributed by atoms with E-state index in [-0.39, 0.29) is 0 Å². The van der Waals surface area contributed by atoms with Gasteiger partial charge in [-0.3, -0.25) is 4.40 Å². The van der Waals surface area contributed by atoms with Crippen molar-refractivity contribution < 1.29 is 0 Å². The summed E-state index contributed by atoms with van der Waals surface area (Å²) in [6.45, 7) is 1.98. The Kier molecular flexibility index (Phi) is 1.36. The van der Waals surface area contributed by atoms with Gasteiger partial charge >= 0.3 is 0 Å². The molecule has 0 aliphatic rings. The molecule has 3 aromatic heterocycles. The molecule has 3 rings (SSSR count). The highest BCUT2D eigenvalue weighted by molar-refractivity contribution is 5.76. The molecule has 0 N–H and O–H groups in total. The van der Waals surface area contributed by atoms with Gasteiger partial charge in [0.05, 0.1) is 5.52 Å². The summed E-state index contributed by atoms with van der Waals surface area (Å²) in [5.74, 6) is 0. The van der Waals surface area contributed by atoms with Crippen molar-refractivity contribution in [1.29, 1.82) is 0 Å². The number of hydrogen-bond acceptors (Lipinski definition) is 2. The van der Waals surface area contributed by atoms with E-state index in [4.69, 9.17) is 0 Å². The number of aromatic nitrogens is 3. The summed E-state index contributed by atoms with van der Waals surface area (Å²) in [6, 6.07) is 10.0. The highest BCUT2D eigenvalue weighted by atomic mass is 15.0. The van der Waals surface area contributed by atoms with Gasteiger partial charge in [-0.15, -0.1) is 0 Å². The van der Waals surface area contributed by atoms with Crippen molar-refractivity contribution in [2.45, 2.75) is 6.92 Å². The van der Waals surface area contributed by atoms with Crippen LogP contribution in [0.2, 0.25) is 0 Å². The van der Waals surface area contributed by atoms with E-state index in [2.05, 4.69) is 16.0 Å². The minimum absolute atomic E-state index is 0.816. The van der Waals surface area contributed by atoms with Crippen LogP contribution < -0.4 is 0 Å². The smallest absolute Gasteiger partial charge is 0.178 e. The fourth-order valence-corrected chi connectivity index (χ4v) is 1.64. The first kappa shape index (κ1) is 7.50. The minimum Gasteiger partial charge on any atom is -0.298 e. The molecule has 0 aromatic carbocycles. The van der Waals surface area contributed by atoms with Gasteiger partial charge in [0.25, 0.3) is 0 Å². The third-order valence-electron chi connectivity index (χ3n) is 2.31. The molecule has 0 unspecified atom stereocenters. The molecule has 0 amide bonds. The number of aryl methyl sites for hydroxylation is 1. The Hall–Kier alpha value is -1.90. The molecule has 0 atom stereocenters. The van der Waals surface area contributed by atoms with Crippen LogP contribution in [0.3, 0.4) is 0 Å². The molecule has 0 bridgehead atoms. The first-order chi connectivity index (χ1) is 6.84. The van der Waals surface area contributed by atoms with E-state index in [0.717, 1.165) is 22.5 Å². The van der Waals surface area contributed by atoms with E-state index in [1.54, 1.807) is 0 Å². The molecule has 3 heterocycles. The van der Waals surface area contributed by atoms with Gasteiger partial charge in [0.1, 0.15) is 5.65 Å². The average molecular weight is 183 g/mol. The van der Waals surface area contributed by atoms with Gasteiger partial charge in [-0.2, -0.15) is 0 Å². The third kappa shape index (κ3) is 0.923. The van der Waals surface area contributed by atoms with E-state index in [1.165, 1.54) is 0 Å². The van der Waals surface area contributed by atoms with Crippen LogP contribution >= 0.6 is 0 Å². The molecule has 0 saturated carbocycles. The quantitative estimate of drug-likeness (QED) is 0.534. The fraction of sp³-hybridized carbons (Fsp3) is 0.0909. The van der Waals surface area contributed by atoms with Gasteiger partial charge in [-0.05, 0) is 31.2 Å². The van der Waals surface area contributed by atoms with Crippen LogP contribution in [0.1, 0.15) is 5.69 Å². The fourth-order valence-electron chi connectivity index (χ4n) is 1.64. The molecule has 3 nitrogen and oxygen atoms in total. The lowest BCUT2D eigenvalue weighted by Crippen LogP contribution is -1.83. The van der Waals surface area contributed by atoms with Gasteiger partial charge in [0.2, 0.25) is 0 Å². The summed E-state index contributed by atoms with van der Waals surface area (Å²) in [5.41, 5.74) is 3.82. The van der Waals surface area contributed by atoms with Gasteiger partial charge < -0.3 is 0 Å². The SMILES string of the molecule is Cc1ccc2c(n1)nc1ccccn12. The first-order valence-corrected chi connectivity index (χ1v) is 4.55. The topological polar surface area (TPSA) is 30.2 Å².